The molecule has 39 heavy (non-hydrogen) atoms. The van der Waals surface area contributed by atoms with Crippen LogP contribution >= 0.6 is 0 Å². The number of pyridine rings is 1. The Morgan fingerprint density at radius 1 is 0.821 bits per heavy atom. The zero-order valence-electron chi connectivity index (χ0n) is 19.8. The van der Waals surface area contributed by atoms with Gasteiger partial charge in [-0.25, -0.2) is 13.4 Å². The number of phenols is 1. The van der Waals surface area contributed by atoms with Gasteiger partial charge in [-0.05, 0) is 66.7 Å². The van der Waals surface area contributed by atoms with Gasteiger partial charge < -0.3 is 5.11 Å². The van der Waals surface area contributed by atoms with Crippen molar-refractivity contribution in [2.75, 3.05) is 4.72 Å². The molecule has 1 aromatic heterocycles. The maximum atomic E-state index is 12.8. The summed E-state index contributed by atoms with van der Waals surface area (Å²) in [6, 6.07) is 20.4. The topological polar surface area (TPSA) is 170 Å². The number of carbonyl (C=O) groups is 3. The largest absolute Gasteiger partial charge is 0.507 e. The van der Waals surface area contributed by atoms with Crippen LogP contribution in [0.1, 0.15) is 31.1 Å². The molecular weight excluding hydrogens is 524 g/mol. The molecule has 194 valence electrons. The number of fused-ring (bicyclic) bond motifs is 1. The van der Waals surface area contributed by atoms with E-state index in [1.165, 1.54) is 66.9 Å². The third-order valence-corrected chi connectivity index (χ3v) is 6.93. The van der Waals surface area contributed by atoms with E-state index in [0.717, 1.165) is 0 Å². The molecule has 3 amide bonds. The normalized spacial score (nSPS) is 13.0. The summed E-state index contributed by atoms with van der Waals surface area (Å²) in [6.07, 6.45) is 1.46. The molecule has 0 fully saturated rings. The number of imide groups is 1. The lowest BCUT2D eigenvalue weighted by molar-refractivity contribution is 0.0517. The van der Waals surface area contributed by atoms with E-state index in [2.05, 4.69) is 25.4 Å². The van der Waals surface area contributed by atoms with E-state index in [1.54, 1.807) is 24.3 Å². The van der Waals surface area contributed by atoms with Gasteiger partial charge in [-0.15, -0.1) is 0 Å². The highest BCUT2D eigenvalue weighted by molar-refractivity contribution is 7.92. The number of nitrogens with one attached hydrogen (secondary N) is 2. The highest BCUT2D eigenvalue weighted by Gasteiger charge is 2.37. The molecule has 0 spiro atoms. The van der Waals surface area contributed by atoms with Gasteiger partial charge in [0.1, 0.15) is 11.6 Å². The number of azo groups is 1. The molecule has 0 saturated heterocycles. The monoisotopic (exact) mass is 542 g/mol. The predicted octanol–water partition coefficient (Wildman–Crippen LogP) is 3.94. The zero-order valence-corrected chi connectivity index (χ0v) is 20.7. The summed E-state index contributed by atoms with van der Waals surface area (Å²) in [5, 5.41) is 18.8. The first-order chi connectivity index (χ1) is 18.7. The Morgan fingerprint density at radius 2 is 1.44 bits per heavy atom. The van der Waals surface area contributed by atoms with Crippen molar-refractivity contribution in [3.05, 3.63) is 108 Å². The van der Waals surface area contributed by atoms with Crippen molar-refractivity contribution >= 4 is 44.9 Å². The fourth-order valence-electron chi connectivity index (χ4n) is 3.65. The number of hydrogen-bond donors (Lipinski definition) is 3. The molecule has 1 aliphatic rings. The summed E-state index contributed by atoms with van der Waals surface area (Å²) in [4.78, 5) is 41.7. The summed E-state index contributed by atoms with van der Waals surface area (Å²) in [5.41, 5.74) is 2.77. The minimum atomic E-state index is -3.86. The number of phenolic OH excluding ortho intramolecular Hbond substituents is 1. The maximum absolute atomic E-state index is 12.8. The van der Waals surface area contributed by atoms with Crippen molar-refractivity contribution in [2.45, 2.75) is 4.90 Å². The number of anilines is 1. The Hall–Kier alpha value is -5.43. The van der Waals surface area contributed by atoms with Gasteiger partial charge >= 0.3 is 0 Å². The lowest BCUT2D eigenvalue weighted by atomic mass is 10.1. The summed E-state index contributed by atoms with van der Waals surface area (Å²) < 4.78 is 27.5. The molecular formula is C26H18N6O6S. The lowest BCUT2D eigenvalue weighted by Crippen LogP contribution is -2.45. The van der Waals surface area contributed by atoms with Crippen LogP contribution < -0.4 is 10.1 Å². The van der Waals surface area contributed by atoms with E-state index in [0.29, 0.717) is 10.7 Å². The van der Waals surface area contributed by atoms with Crippen LogP contribution in [-0.4, -0.2) is 41.2 Å². The number of benzene rings is 3. The third kappa shape index (κ3) is 5.19. The third-order valence-electron chi connectivity index (χ3n) is 5.56. The Labute approximate surface area is 221 Å². The minimum absolute atomic E-state index is 0.0103. The van der Waals surface area contributed by atoms with Crippen LogP contribution in [0.4, 0.5) is 17.2 Å². The van der Waals surface area contributed by atoms with Gasteiger partial charge in [-0.1, -0.05) is 18.2 Å². The van der Waals surface area contributed by atoms with Crippen LogP contribution in [0.5, 0.6) is 5.75 Å². The molecule has 5 rings (SSSR count). The quantitative estimate of drug-likeness (QED) is 0.234. The molecule has 3 N–H and O–H groups in total. The van der Waals surface area contributed by atoms with Crippen LogP contribution in [-0.2, 0) is 10.0 Å². The van der Waals surface area contributed by atoms with Gasteiger partial charge in [0.15, 0.2) is 0 Å². The molecule has 0 bridgehead atoms. The Bertz CT molecular complexity index is 1710. The molecule has 0 aliphatic carbocycles. The Kier molecular flexibility index (Phi) is 6.56. The first kappa shape index (κ1) is 25.2. The summed E-state index contributed by atoms with van der Waals surface area (Å²) >= 11 is 0. The van der Waals surface area contributed by atoms with E-state index in [1.807, 2.05) is 0 Å². The molecule has 3 aromatic carbocycles. The number of sulfonamides is 1. The van der Waals surface area contributed by atoms with Crippen LogP contribution in [0.2, 0.25) is 0 Å². The van der Waals surface area contributed by atoms with Crippen LogP contribution in [0.25, 0.3) is 0 Å². The number of aromatic nitrogens is 1. The molecule has 0 unspecified atom stereocenters. The minimum Gasteiger partial charge on any atom is -0.507 e. The van der Waals surface area contributed by atoms with Crippen LogP contribution in [0, 0.1) is 0 Å². The van der Waals surface area contributed by atoms with Gasteiger partial charge in [0.2, 0.25) is 0 Å². The second-order valence-electron chi connectivity index (χ2n) is 8.15. The number of carbonyl (C=O) groups excluding carboxylic acids is 3. The van der Waals surface area contributed by atoms with E-state index < -0.39 is 33.5 Å². The highest BCUT2D eigenvalue weighted by atomic mass is 32.2. The van der Waals surface area contributed by atoms with Crippen molar-refractivity contribution in [1.29, 1.82) is 0 Å². The average molecular weight is 543 g/mol. The van der Waals surface area contributed by atoms with Crippen molar-refractivity contribution < 1.29 is 27.9 Å². The molecule has 0 atom stereocenters. The van der Waals surface area contributed by atoms with Crippen LogP contribution in [0.3, 0.4) is 0 Å². The van der Waals surface area contributed by atoms with Crippen molar-refractivity contribution in [3.8, 4) is 5.75 Å². The van der Waals surface area contributed by atoms with Crippen molar-refractivity contribution in [2.24, 2.45) is 10.2 Å². The number of amides is 3. The molecule has 1 aliphatic heterocycles. The van der Waals surface area contributed by atoms with E-state index in [4.69, 9.17) is 0 Å². The van der Waals surface area contributed by atoms with Crippen molar-refractivity contribution in [3.63, 3.8) is 0 Å². The second kappa shape index (κ2) is 10.1. The molecule has 2 heterocycles. The standard InChI is InChI=1S/C26H18N6O6S/c33-22-13-10-17(15-21(22)24(34)30-32-25(35)19-5-1-2-6-20(19)26(32)36)29-28-16-8-11-18(12-9-16)39(37,38)31-23-7-3-4-14-27-23/h1-15,33H,(H,27,31)(H,30,34). The van der Waals surface area contributed by atoms with Crippen LogP contribution in [0.15, 0.2) is 106 Å². The molecule has 12 nitrogen and oxygen atoms in total. The highest BCUT2D eigenvalue weighted by Crippen LogP contribution is 2.27. The summed E-state index contributed by atoms with van der Waals surface area (Å²) in [6.45, 7) is 0. The lowest BCUT2D eigenvalue weighted by Gasteiger charge is -2.15. The predicted molar refractivity (Wildman–Crippen MR) is 138 cm³/mol. The second-order valence-corrected chi connectivity index (χ2v) is 9.83. The first-order valence-corrected chi connectivity index (χ1v) is 12.8. The SMILES string of the molecule is O=C(NN1C(=O)c2ccccc2C1=O)c1cc(N=Nc2ccc(S(=O)(=O)Nc3ccccn3)cc2)ccc1O. The van der Waals surface area contributed by atoms with E-state index in [-0.39, 0.29) is 33.1 Å². The molecule has 0 saturated carbocycles. The number of hydrazine groups is 1. The Balaban J connectivity index is 1.29. The number of aromatic hydroxyl groups is 1. The van der Waals surface area contributed by atoms with Gasteiger partial charge in [-0.2, -0.15) is 15.2 Å². The number of rotatable bonds is 7. The zero-order chi connectivity index (χ0) is 27.6. The molecule has 0 radical (unpaired) electrons. The van der Waals surface area contributed by atoms with Gasteiger partial charge in [0.05, 0.1) is 33.0 Å². The first-order valence-electron chi connectivity index (χ1n) is 11.3. The van der Waals surface area contributed by atoms with Gasteiger partial charge in [-0.3, -0.25) is 24.5 Å². The van der Waals surface area contributed by atoms with Gasteiger partial charge in [0.25, 0.3) is 27.7 Å². The number of nitrogens with zero attached hydrogens (tertiary/aromatic N) is 4. The van der Waals surface area contributed by atoms with E-state index >= 15 is 0 Å². The summed E-state index contributed by atoms with van der Waals surface area (Å²) in [7, 11) is -3.86. The maximum Gasteiger partial charge on any atom is 0.280 e. The van der Waals surface area contributed by atoms with E-state index in [9.17, 15) is 27.9 Å². The smallest absolute Gasteiger partial charge is 0.280 e. The number of hydrogen-bond acceptors (Lipinski definition) is 9. The Morgan fingerprint density at radius 3 is 2.08 bits per heavy atom. The fourth-order valence-corrected chi connectivity index (χ4v) is 4.66. The summed E-state index contributed by atoms with van der Waals surface area (Å²) in [5.74, 6) is -2.52. The van der Waals surface area contributed by atoms with Gasteiger partial charge in [0, 0.05) is 6.20 Å². The molecule has 4 aromatic rings. The van der Waals surface area contributed by atoms with Crippen molar-refractivity contribution in [1.82, 2.24) is 15.4 Å². The molecule has 13 heteroatoms. The average Bonchev–Trinajstić information content (AvgIpc) is 3.18. The fraction of sp³-hybridized carbons (Fsp3) is 0.